The number of nitrogens with one attached hydrogen (secondary N) is 1. The second kappa shape index (κ2) is 5.63. The first kappa shape index (κ1) is 13.9. The third kappa shape index (κ3) is 2.59. The quantitative estimate of drug-likeness (QED) is 0.901. The van der Waals surface area contributed by atoms with Crippen molar-refractivity contribution >= 4 is 5.69 Å². The molecule has 3 heteroatoms. The highest BCUT2D eigenvalue weighted by molar-refractivity contribution is 5.54. The monoisotopic (exact) mass is 257 g/mol. The van der Waals surface area contributed by atoms with Gasteiger partial charge in [0, 0.05) is 18.3 Å². The maximum Gasteiger partial charge on any atom is 0.108 e. The maximum atomic E-state index is 9.38. The number of para-hydroxylation sites is 1. The van der Waals surface area contributed by atoms with Crippen molar-refractivity contribution in [2.45, 2.75) is 44.7 Å². The first-order valence-electron chi connectivity index (χ1n) is 7.08. The molecule has 2 rings (SSSR count). The predicted molar refractivity (Wildman–Crippen MR) is 79.2 cm³/mol. The van der Waals surface area contributed by atoms with Gasteiger partial charge < -0.3 is 10.2 Å². The van der Waals surface area contributed by atoms with Crippen LogP contribution in [-0.2, 0) is 0 Å². The Morgan fingerprint density at radius 2 is 2.21 bits per heavy atom. The van der Waals surface area contributed by atoms with Crippen LogP contribution in [0.25, 0.3) is 0 Å². The lowest BCUT2D eigenvalue weighted by Gasteiger charge is -2.32. The third-order valence-electron chi connectivity index (χ3n) is 4.39. The van der Waals surface area contributed by atoms with E-state index in [0.717, 1.165) is 25.8 Å². The van der Waals surface area contributed by atoms with Crippen LogP contribution < -0.4 is 10.2 Å². The second-order valence-electron chi connectivity index (χ2n) is 5.41. The lowest BCUT2D eigenvalue weighted by Crippen LogP contribution is -2.42. The summed E-state index contributed by atoms with van der Waals surface area (Å²) in [6.07, 6.45) is 2.92. The minimum Gasteiger partial charge on any atom is -0.369 e. The highest BCUT2D eigenvalue weighted by Crippen LogP contribution is 2.35. The summed E-state index contributed by atoms with van der Waals surface area (Å²) in [5.74, 6) is 0. The van der Waals surface area contributed by atoms with Crippen LogP contribution in [0.4, 0.5) is 5.69 Å². The zero-order chi connectivity index (χ0) is 13.9. The summed E-state index contributed by atoms with van der Waals surface area (Å²) < 4.78 is 0. The Bertz CT molecular complexity index is 477. The molecule has 3 nitrogen and oxygen atoms in total. The van der Waals surface area contributed by atoms with Crippen molar-refractivity contribution in [1.29, 1.82) is 5.26 Å². The van der Waals surface area contributed by atoms with Crippen LogP contribution in [0.3, 0.4) is 0 Å². The molecule has 2 unspecified atom stereocenters. The topological polar surface area (TPSA) is 39.1 Å². The van der Waals surface area contributed by atoms with Gasteiger partial charge in [0.25, 0.3) is 0 Å². The molecule has 1 aliphatic carbocycles. The Balaban J connectivity index is 2.22. The first-order chi connectivity index (χ1) is 9.15. The van der Waals surface area contributed by atoms with Crippen LogP contribution in [0.1, 0.15) is 31.7 Å². The molecular formula is C16H23N3. The Morgan fingerprint density at radius 1 is 1.47 bits per heavy atom. The van der Waals surface area contributed by atoms with Crippen molar-refractivity contribution in [2.24, 2.45) is 0 Å². The van der Waals surface area contributed by atoms with Crippen molar-refractivity contribution in [3.63, 3.8) is 0 Å². The molecule has 0 heterocycles. The number of nitrogens with zero attached hydrogens (tertiary/aromatic N) is 2. The predicted octanol–water partition coefficient (Wildman–Crippen LogP) is 2.86. The van der Waals surface area contributed by atoms with Gasteiger partial charge in [0.1, 0.15) is 5.54 Å². The number of hydrogen-bond acceptors (Lipinski definition) is 3. The van der Waals surface area contributed by atoms with E-state index in [-0.39, 0.29) is 5.54 Å². The van der Waals surface area contributed by atoms with Gasteiger partial charge in [-0.15, -0.1) is 0 Å². The summed E-state index contributed by atoms with van der Waals surface area (Å²) in [6.45, 7) is 5.33. The van der Waals surface area contributed by atoms with Crippen LogP contribution in [0.2, 0.25) is 0 Å². The zero-order valence-corrected chi connectivity index (χ0v) is 12.1. The van der Waals surface area contributed by atoms with E-state index < -0.39 is 0 Å². The lowest BCUT2D eigenvalue weighted by atomic mass is 9.99. The average molecular weight is 257 g/mol. The van der Waals surface area contributed by atoms with Gasteiger partial charge in [-0.05, 0) is 51.8 Å². The molecule has 0 radical (unpaired) electrons. The van der Waals surface area contributed by atoms with Crippen molar-refractivity contribution < 1.29 is 0 Å². The summed E-state index contributed by atoms with van der Waals surface area (Å²) in [4.78, 5) is 2.45. The maximum absolute atomic E-state index is 9.38. The fraction of sp³-hybridized carbons (Fsp3) is 0.562. The molecule has 0 saturated heterocycles. The highest BCUT2D eigenvalue weighted by Gasteiger charge is 2.40. The lowest BCUT2D eigenvalue weighted by molar-refractivity contribution is 0.452. The van der Waals surface area contributed by atoms with Crippen LogP contribution >= 0.6 is 0 Å². The highest BCUT2D eigenvalue weighted by atomic mass is 15.2. The SMILES string of the molecule is CCN(c1ccccc1C)C1CCC(C#N)(NC)C1. The van der Waals surface area contributed by atoms with E-state index in [0.29, 0.717) is 6.04 Å². The minimum absolute atomic E-state index is 0.333. The smallest absolute Gasteiger partial charge is 0.108 e. The van der Waals surface area contributed by atoms with Gasteiger partial charge in [0.05, 0.1) is 6.07 Å². The van der Waals surface area contributed by atoms with E-state index in [2.05, 4.69) is 54.4 Å². The number of nitriles is 1. The van der Waals surface area contributed by atoms with Crippen LogP contribution in [0, 0.1) is 18.3 Å². The first-order valence-corrected chi connectivity index (χ1v) is 7.08. The van der Waals surface area contributed by atoms with Crippen LogP contribution in [-0.4, -0.2) is 25.2 Å². The normalized spacial score (nSPS) is 26.1. The number of rotatable bonds is 4. The van der Waals surface area contributed by atoms with E-state index in [1.165, 1.54) is 11.3 Å². The molecule has 1 fully saturated rings. The molecular weight excluding hydrogens is 234 g/mol. The van der Waals surface area contributed by atoms with E-state index in [1.54, 1.807) is 0 Å². The summed E-state index contributed by atoms with van der Waals surface area (Å²) >= 11 is 0. The van der Waals surface area contributed by atoms with Crippen molar-refractivity contribution in [3.8, 4) is 6.07 Å². The van der Waals surface area contributed by atoms with Crippen molar-refractivity contribution in [1.82, 2.24) is 5.32 Å². The Morgan fingerprint density at radius 3 is 2.74 bits per heavy atom. The number of benzene rings is 1. The van der Waals surface area contributed by atoms with Crippen molar-refractivity contribution in [3.05, 3.63) is 29.8 Å². The van der Waals surface area contributed by atoms with Gasteiger partial charge >= 0.3 is 0 Å². The summed E-state index contributed by atoms with van der Waals surface area (Å²) in [5.41, 5.74) is 2.28. The van der Waals surface area contributed by atoms with Crippen LogP contribution in [0.5, 0.6) is 0 Å². The Hall–Kier alpha value is -1.53. The molecule has 1 aliphatic rings. The third-order valence-corrected chi connectivity index (χ3v) is 4.39. The van der Waals surface area contributed by atoms with Gasteiger partial charge in [0.2, 0.25) is 0 Å². The van der Waals surface area contributed by atoms with Gasteiger partial charge in [-0.3, -0.25) is 0 Å². The molecule has 1 aromatic rings. The molecule has 1 saturated carbocycles. The molecule has 1 N–H and O–H groups in total. The molecule has 2 atom stereocenters. The van der Waals surface area contributed by atoms with E-state index in [9.17, 15) is 5.26 Å². The Labute approximate surface area is 116 Å². The summed E-state index contributed by atoms with van der Waals surface area (Å²) in [6, 6.07) is 11.4. The number of hydrogen-bond donors (Lipinski definition) is 1. The van der Waals surface area contributed by atoms with E-state index in [4.69, 9.17) is 0 Å². The molecule has 0 amide bonds. The Kier molecular flexibility index (Phi) is 4.11. The fourth-order valence-electron chi connectivity index (χ4n) is 3.18. The molecule has 0 spiro atoms. The summed E-state index contributed by atoms with van der Waals surface area (Å²) in [5, 5.41) is 12.6. The average Bonchev–Trinajstić information content (AvgIpc) is 2.87. The van der Waals surface area contributed by atoms with E-state index >= 15 is 0 Å². The van der Waals surface area contributed by atoms with E-state index in [1.807, 2.05) is 7.05 Å². The molecule has 0 aromatic heterocycles. The second-order valence-corrected chi connectivity index (χ2v) is 5.41. The minimum atomic E-state index is -0.333. The van der Waals surface area contributed by atoms with Crippen molar-refractivity contribution in [2.75, 3.05) is 18.5 Å². The summed E-state index contributed by atoms with van der Waals surface area (Å²) in [7, 11) is 1.90. The number of anilines is 1. The number of aryl methyl sites for hydroxylation is 1. The molecule has 102 valence electrons. The molecule has 19 heavy (non-hydrogen) atoms. The molecule has 0 aliphatic heterocycles. The molecule has 1 aromatic carbocycles. The standard InChI is InChI=1S/C16H23N3/c1-4-19(15-8-6-5-7-13(15)2)14-9-10-16(11-14,12-17)18-3/h5-8,14,18H,4,9-11H2,1-3H3. The van der Waals surface area contributed by atoms with Gasteiger partial charge in [-0.1, -0.05) is 18.2 Å². The van der Waals surface area contributed by atoms with Gasteiger partial charge in [-0.2, -0.15) is 5.26 Å². The molecule has 0 bridgehead atoms. The zero-order valence-electron chi connectivity index (χ0n) is 12.1. The van der Waals surface area contributed by atoms with Gasteiger partial charge in [-0.25, -0.2) is 0 Å². The van der Waals surface area contributed by atoms with Crippen LogP contribution in [0.15, 0.2) is 24.3 Å². The largest absolute Gasteiger partial charge is 0.369 e. The van der Waals surface area contributed by atoms with Gasteiger partial charge in [0.15, 0.2) is 0 Å². The fourth-order valence-corrected chi connectivity index (χ4v) is 3.18.